The van der Waals surface area contributed by atoms with Gasteiger partial charge in [0.05, 0.1) is 0 Å². The van der Waals surface area contributed by atoms with Crippen molar-refractivity contribution in [2.45, 2.75) is 57.8 Å². The van der Waals surface area contributed by atoms with Gasteiger partial charge in [-0.15, -0.1) is 0 Å². The zero-order valence-electron chi connectivity index (χ0n) is 13.6. The first-order valence-electron chi connectivity index (χ1n) is 9.38. The molecule has 0 aromatic heterocycles. The molecule has 0 radical (unpaired) electrons. The highest BCUT2D eigenvalue weighted by molar-refractivity contribution is 5.82. The first-order chi connectivity index (χ1) is 10.9. The summed E-state index contributed by atoms with van der Waals surface area (Å²) in [5.74, 6) is 2.98. The number of hydrogen-bond donors (Lipinski definition) is 0. The average Bonchev–Trinajstić information content (AvgIpc) is 2.53. The Morgan fingerprint density at radius 2 is 1.41 bits per heavy atom. The molecule has 116 valence electrons. The van der Waals surface area contributed by atoms with Gasteiger partial charge in [-0.05, 0) is 40.5 Å². The van der Waals surface area contributed by atoms with Crippen LogP contribution < -0.4 is 0 Å². The minimum atomic E-state index is 0.954. The minimum absolute atomic E-state index is 0.954. The molecule has 2 aliphatic carbocycles. The summed E-state index contributed by atoms with van der Waals surface area (Å²) >= 11 is 0. The predicted molar refractivity (Wildman–Crippen MR) is 95.1 cm³/mol. The van der Waals surface area contributed by atoms with Gasteiger partial charge in [0.2, 0.25) is 0 Å². The molecule has 0 amide bonds. The fourth-order valence-electron chi connectivity index (χ4n) is 4.79. The summed E-state index contributed by atoms with van der Waals surface area (Å²) in [7, 11) is 0. The van der Waals surface area contributed by atoms with E-state index in [-0.39, 0.29) is 0 Å². The summed E-state index contributed by atoms with van der Waals surface area (Å²) in [5.41, 5.74) is 1.57. The van der Waals surface area contributed by atoms with Crippen LogP contribution in [0.4, 0.5) is 0 Å². The third-order valence-corrected chi connectivity index (χ3v) is 6.30. The van der Waals surface area contributed by atoms with Gasteiger partial charge in [0.1, 0.15) is 0 Å². The standard InChI is InChI=1S/C22H28/c1-2-8-19(9-3-1)22(20-11-6-12-20)16-17-13-14-18-7-4-5-10-21(18)15-17/h4-5,7,10,13-15,19-20,22H,1-3,6,8-9,11-12,16H2. The minimum Gasteiger partial charge on any atom is -0.0616 e. The van der Waals surface area contributed by atoms with E-state index >= 15 is 0 Å². The summed E-state index contributed by atoms with van der Waals surface area (Å²) in [6.07, 6.45) is 13.2. The lowest BCUT2D eigenvalue weighted by Gasteiger charge is -2.40. The van der Waals surface area contributed by atoms with E-state index in [9.17, 15) is 0 Å². The molecule has 4 rings (SSSR count). The van der Waals surface area contributed by atoms with Gasteiger partial charge in [-0.2, -0.15) is 0 Å². The Morgan fingerprint density at radius 3 is 2.09 bits per heavy atom. The second kappa shape index (κ2) is 6.44. The van der Waals surface area contributed by atoms with Gasteiger partial charge in [-0.25, -0.2) is 0 Å². The fraction of sp³-hybridized carbons (Fsp3) is 0.545. The summed E-state index contributed by atoms with van der Waals surface area (Å²) in [4.78, 5) is 0. The van der Waals surface area contributed by atoms with Gasteiger partial charge < -0.3 is 0 Å². The quantitative estimate of drug-likeness (QED) is 0.613. The number of fused-ring (bicyclic) bond motifs is 1. The first-order valence-corrected chi connectivity index (χ1v) is 9.38. The topological polar surface area (TPSA) is 0 Å². The van der Waals surface area contributed by atoms with Crippen LogP contribution in [0.3, 0.4) is 0 Å². The molecule has 2 aliphatic rings. The second-order valence-electron chi connectivity index (χ2n) is 7.64. The number of benzene rings is 2. The van der Waals surface area contributed by atoms with Crippen molar-refractivity contribution in [3.05, 3.63) is 48.0 Å². The maximum Gasteiger partial charge on any atom is -0.0181 e. The SMILES string of the molecule is c1ccc2cc(CC(C3CCCCC3)C3CCC3)ccc2c1. The average molecular weight is 292 g/mol. The highest BCUT2D eigenvalue weighted by Crippen LogP contribution is 2.43. The highest BCUT2D eigenvalue weighted by Gasteiger charge is 2.33. The van der Waals surface area contributed by atoms with Gasteiger partial charge >= 0.3 is 0 Å². The van der Waals surface area contributed by atoms with Gasteiger partial charge in [-0.3, -0.25) is 0 Å². The molecule has 2 fully saturated rings. The molecule has 2 aromatic carbocycles. The second-order valence-corrected chi connectivity index (χ2v) is 7.64. The van der Waals surface area contributed by atoms with Crippen LogP contribution in [0.1, 0.15) is 56.9 Å². The Labute approximate surface area is 134 Å². The van der Waals surface area contributed by atoms with Crippen molar-refractivity contribution in [1.29, 1.82) is 0 Å². The molecule has 0 heterocycles. The van der Waals surface area contributed by atoms with E-state index in [1.807, 2.05) is 0 Å². The fourth-order valence-corrected chi connectivity index (χ4v) is 4.79. The molecular weight excluding hydrogens is 264 g/mol. The van der Waals surface area contributed by atoms with E-state index in [1.54, 1.807) is 5.56 Å². The van der Waals surface area contributed by atoms with E-state index in [0.29, 0.717) is 0 Å². The van der Waals surface area contributed by atoms with Crippen LogP contribution in [-0.2, 0) is 6.42 Å². The van der Waals surface area contributed by atoms with Crippen LogP contribution in [0.5, 0.6) is 0 Å². The van der Waals surface area contributed by atoms with Gasteiger partial charge in [0, 0.05) is 0 Å². The molecule has 0 nitrogen and oxygen atoms in total. The van der Waals surface area contributed by atoms with E-state index in [4.69, 9.17) is 0 Å². The molecule has 0 bridgehead atoms. The van der Waals surface area contributed by atoms with Crippen molar-refractivity contribution in [3.8, 4) is 0 Å². The first kappa shape index (κ1) is 14.3. The molecule has 1 atom stereocenters. The zero-order valence-corrected chi connectivity index (χ0v) is 13.6. The maximum absolute atomic E-state index is 2.45. The van der Waals surface area contributed by atoms with Crippen LogP contribution in [0.25, 0.3) is 10.8 Å². The molecule has 0 saturated heterocycles. The molecule has 2 aromatic rings. The van der Waals surface area contributed by atoms with Crippen LogP contribution >= 0.6 is 0 Å². The van der Waals surface area contributed by atoms with Crippen molar-refractivity contribution >= 4 is 10.8 Å². The van der Waals surface area contributed by atoms with Crippen LogP contribution in [0.15, 0.2) is 42.5 Å². The third kappa shape index (κ3) is 2.93. The summed E-state index contributed by atoms with van der Waals surface area (Å²) in [6, 6.07) is 15.9. The van der Waals surface area contributed by atoms with Crippen LogP contribution in [-0.4, -0.2) is 0 Å². The van der Waals surface area contributed by atoms with Crippen molar-refractivity contribution in [1.82, 2.24) is 0 Å². The maximum atomic E-state index is 2.45. The Morgan fingerprint density at radius 1 is 0.727 bits per heavy atom. The summed E-state index contributed by atoms with van der Waals surface area (Å²) < 4.78 is 0. The lowest BCUT2D eigenvalue weighted by molar-refractivity contribution is 0.116. The van der Waals surface area contributed by atoms with Crippen LogP contribution in [0, 0.1) is 17.8 Å². The van der Waals surface area contributed by atoms with Crippen molar-refractivity contribution in [2.75, 3.05) is 0 Å². The lowest BCUT2D eigenvalue weighted by atomic mass is 9.65. The highest BCUT2D eigenvalue weighted by atomic mass is 14.4. The van der Waals surface area contributed by atoms with Crippen molar-refractivity contribution < 1.29 is 0 Å². The van der Waals surface area contributed by atoms with E-state index in [2.05, 4.69) is 42.5 Å². The summed E-state index contributed by atoms with van der Waals surface area (Å²) in [6.45, 7) is 0. The summed E-state index contributed by atoms with van der Waals surface area (Å²) in [5, 5.41) is 2.79. The molecule has 0 aliphatic heterocycles. The van der Waals surface area contributed by atoms with E-state index in [0.717, 1.165) is 17.8 Å². The molecule has 22 heavy (non-hydrogen) atoms. The van der Waals surface area contributed by atoms with Gasteiger partial charge in [0.25, 0.3) is 0 Å². The van der Waals surface area contributed by atoms with Crippen LogP contribution in [0.2, 0.25) is 0 Å². The molecule has 2 saturated carbocycles. The smallest absolute Gasteiger partial charge is 0.0181 e. The molecule has 0 N–H and O–H groups in total. The molecule has 0 spiro atoms. The largest absolute Gasteiger partial charge is 0.0616 e. The molecule has 1 unspecified atom stereocenters. The van der Waals surface area contributed by atoms with E-state index < -0.39 is 0 Å². The Balaban J connectivity index is 1.56. The molecular formula is C22H28. The Hall–Kier alpha value is -1.30. The third-order valence-electron chi connectivity index (χ3n) is 6.30. The zero-order chi connectivity index (χ0) is 14.8. The Kier molecular flexibility index (Phi) is 4.19. The number of rotatable bonds is 4. The lowest BCUT2D eigenvalue weighted by Crippen LogP contribution is -2.31. The number of hydrogen-bond acceptors (Lipinski definition) is 0. The van der Waals surface area contributed by atoms with Gasteiger partial charge in [0.15, 0.2) is 0 Å². The molecule has 0 heteroatoms. The van der Waals surface area contributed by atoms with E-state index in [1.165, 1.54) is 68.6 Å². The van der Waals surface area contributed by atoms with Gasteiger partial charge in [-0.1, -0.05) is 93.8 Å². The normalized spacial score (nSPS) is 21.6. The van der Waals surface area contributed by atoms with Crippen molar-refractivity contribution in [2.24, 2.45) is 17.8 Å². The monoisotopic (exact) mass is 292 g/mol. The predicted octanol–water partition coefficient (Wildman–Crippen LogP) is 6.38. The Bertz CT molecular complexity index is 617. The van der Waals surface area contributed by atoms with Crippen molar-refractivity contribution in [3.63, 3.8) is 0 Å².